The normalized spacial score (nSPS) is 12.8. The molecule has 0 amide bonds. The minimum absolute atomic E-state index is 0.247. The zero-order valence-electron chi connectivity index (χ0n) is 10.3. The van der Waals surface area contributed by atoms with Crippen molar-refractivity contribution in [1.82, 2.24) is 9.88 Å². The molecule has 1 unspecified atom stereocenters. The third-order valence-corrected chi connectivity index (χ3v) is 2.78. The molecule has 0 saturated heterocycles. The van der Waals surface area contributed by atoms with E-state index in [1.165, 1.54) is 0 Å². The van der Waals surface area contributed by atoms with Crippen LogP contribution in [0.4, 0.5) is 0 Å². The largest absolute Gasteiger partial charge is 0.303 e. The predicted octanol–water partition coefficient (Wildman–Crippen LogP) is 1.92. The Labute approximate surface area is 97.5 Å². The summed E-state index contributed by atoms with van der Waals surface area (Å²) in [6.07, 6.45) is 3.37. The fourth-order valence-corrected chi connectivity index (χ4v) is 1.63. The highest BCUT2D eigenvalue weighted by molar-refractivity contribution is 5.76. The van der Waals surface area contributed by atoms with Gasteiger partial charge in [0.25, 0.3) is 0 Å². The highest BCUT2D eigenvalue weighted by atomic mass is 16.1. The second-order valence-electron chi connectivity index (χ2n) is 4.31. The molecule has 1 aromatic rings. The number of carbonyl (C=O) groups excluding carboxylic acids is 1. The molecule has 0 aromatic carbocycles. The topological polar surface area (TPSA) is 33.2 Å². The Morgan fingerprint density at radius 1 is 1.50 bits per heavy atom. The van der Waals surface area contributed by atoms with Crippen LogP contribution in [0, 0.1) is 0 Å². The van der Waals surface area contributed by atoms with Crippen LogP contribution in [0.1, 0.15) is 26.0 Å². The number of carbonyl (C=O) groups is 1. The van der Waals surface area contributed by atoms with Crippen LogP contribution >= 0.6 is 0 Å². The third-order valence-electron chi connectivity index (χ3n) is 2.78. The van der Waals surface area contributed by atoms with Crippen molar-refractivity contribution in [2.24, 2.45) is 0 Å². The Morgan fingerprint density at radius 2 is 2.25 bits per heavy atom. The lowest BCUT2D eigenvalue weighted by atomic mass is 10.1. The van der Waals surface area contributed by atoms with Gasteiger partial charge in [-0.3, -0.25) is 9.78 Å². The first-order valence-corrected chi connectivity index (χ1v) is 5.69. The van der Waals surface area contributed by atoms with E-state index < -0.39 is 0 Å². The highest BCUT2D eigenvalue weighted by Crippen LogP contribution is 2.04. The lowest BCUT2D eigenvalue weighted by Gasteiger charge is -2.23. The Hall–Kier alpha value is -1.22. The van der Waals surface area contributed by atoms with Gasteiger partial charge in [0, 0.05) is 37.3 Å². The minimum atomic E-state index is 0.247. The summed E-state index contributed by atoms with van der Waals surface area (Å²) in [5.41, 5.74) is 1.10. The van der Waals surface area contributed by atoms with Crippen molar-refractivity contribution >= 4 is 5.78 Å². The smallest absolute Gasteiger partial charge is 0.131 e. The molecular formula is C13H20N2O. The van der Waals surface area contributed by atoms with Crippen molar-refractivity contribution < 1.29 is 4.79 Å². The molecule has 0 fully saturated rings. The number of ketones is 1. The average Bonchev–Trinajstić information content (AvgIpc) is 2.26. The van der Waals surface area contributed by atoms with E-state index in [0.29, 0.717) is 12.5 Å². The van der Waals surface area contributed by atoms with E-state index in [-0.39, 0.29) is 5.78 Å². The maximum Gasteiger partial charge on any atom is 0.131 e. The molecule has 88 valence electrons. The fraction of sp³-hybridized carbons (Fsp3) is 0.538. The SMILES string of the molecule is CC(=O)CC(C)N(C)CCc1ccccn1. The van der Waals surface area contributed by atoms with Crippen molar-refractivity contribution in [3.05, 3.63) is 30.1 Å². The third kappa shape index (κ3) is 4.53. The van der Waals surface area contributed by atoms with E-state index >= 15 is 0 Å². The molecule has 0 aliphatic carbocycles. The first-order chi connectivity index (χ1) is 7.59. The summed E-state index contributed by atoms with van der Waals surface area (Å²) >= 11 is 0. The van der Waals surface area contributed by atoms with Gasteiger partial charge in [-0.15, -0.1) is 0 Å². The van der Waals surface area contributed by atoms with Gasteiger partial charge in [0.15, 0.2) is 0 Å². The fourth-order valence-electron chi connectivity index (χ4n) is 1.63. The summed E-state index contributed by atoms with van der Waals surface area (Å²) in [7, 11) is 2.05. The van der Waals surface area contributed by atoms with Crippen LogP contribution in [0.25, 0.3) is 0 Å². The van der Waals surface area contributed by atoms with Crippen LogP contribution in [0.15, 0.2) is 24.4 Å². The van der Waals surface area contributed by atoms with E-state index in [1.54, 1.807) is 6.92 Å². The van der Waals surface area contributed by atoms with Gasteiger partial charge in [-0.05, 0) is 33.0 Å². The van der Waals surface area contributed by atoms with Crippen LogP contribution in [-0.4, -0.2) is 35.3 Å². The quantitative estimate of drug-likeness (QED) is 0.734. The van der Waals surface area contributed by atoms with Crippen LogP contribution in [0.3, 0.4) is 0 Å². The number of hydrogen-bond acceptors (Lipinski definition) is 3. The zero-order chi connectivity index (χ0) is 12.0. The number of likely N-dealkylation sites (N-methyl/N-ethyl adjacent to an activating group) is 1. The molecule has 0 spiro atoms. The number of hydrogen-bond donors (Lipinski definition) is 0. The monoisotopic (exact) mass is 220 g/mol. The Bertz CT molecular complexity index is 324. The zero-order valence-corrected chi connectivity index (χ0v) is 10.3. The summed E-state index contributed by atoms with van der Waals surface area (Å²) in [6, 6.07) is 6.26. The number of aromatic nitrogens is 1. The highest BCUT2D eigenvalue weighted by Gasteiger charge is 2.10. The summed E-state index contributed by atoms with van der Waals surface area (Å²) in [5.74, 6) is 0.247. The van der Waals surface area contributed by atoms with Gasteiger partial charge in [0.05, 0.1) is 0 Å². The minimum Gasteiger partial charge on any atom is -0.303 e. The van der Waals surface area contributed by atoms with Gasteiger partial charge < -0.3 is 4.90 Å². The second kappa shape index (κ2) is 6.38. The molecule has 3 nitrogen and oxygen atoms in total. The molecule has 3 heteroatoms. The van der Waals surface area contributed by atoms with Gasteiger partial charge in [-0.1, -0.05) is 6.07 Å². The van der Waals surface area contributed by atoms with Gasteiger partial charge in [0.2, 0.25) is 0 Å². The summed E-state index contributed by atoms with van der Waals surface area (Å²) in [4.78, 5) is 17.5. The van der Waals surface area contributed by atoms with E-state index in [9.17, 15) is 4.79 Å². The Kier molecular flexibility index (Phi) is 5.12. The van der Waals surface area contributed by atoms with E-state index in [4.69, 9.17) is 0 Å². The maximum atomic E-state index is 11.0. The van der Waals surface area contributed by atoms with Crippen molar-refractivity contribution in [2.45, 2.75) is 32.7 Å². The van der Waals surface area contributed by atoms with Crippen molar-refractivity contribution in [1.29, 1.82) is 0 Å². The lowest BCUT2D eigenvalue weighted by molar-refractivity contribution is -0.118. The summed E-state index contributed by atoms with van der Waals surface area (Å²) in [5, 5.41) is 0. The molecular weight excluding hydrogens is 200 g/mol. The summed E-state index contributed by atoms with van der Waals surface area (Å²) < 4.78 is 0. The summed E-state index contributed by atoms with van der Waals surface area (Å²) in [6.45, 7) is 4.66. The van der Waals surface area contributed by atoms with Gasteiger partial charge in [0.1, 0.15) is 5.78 Å². The number of rotatable bonds is 6. The van der Waals surface area contributed by atoms with Gasteiger partial charge >= 0.3 is 0 Å². The van der Waals surface area contributed by atoms with E-state index in [2.05, 4.69) is 23.9 Å². The molecule has 0 aliphatic heterocycles. The molecule has 0 saturated carbocycles. The van der Waals surface area contributed by atoms with Crippen LogP contribution in [0.5, 0.6) is 0 Å². The molecule has 0 aliphatic rings. The molecule has 0 radical (unpaired) electrons. The van der Waals surface area contributed by atoms with Crippen molar-refractivity contribution in [3.8, 4) is 0 Å². The van der Waals surface area contributed by atoms with Crippen molar-refractivity contribution in [3.63, 3.8) is 0 Å². The van der Waals surface area contributed by atoms with Gasteiger partial charge in [-0.2, -0.15) is 0 Å². The molecule has 1 heterocycles. The molecule has 0 bridgehead atoms. The van der Waals surface area contributed by atoms with E-state index in [1.807, 2.05) is 24.4 Å². The predicted molar refractivity (Wildman–Crippen MR) is 65.3 cm³/mol. The second-order valence-corrected chi connectivity index (χ2v) is 4.31. The number of nitrogens with zero attached hydrogens (tertiary/aromatic N) is 2. The average molecular weight is 220 g/mol. The number of Topliss-reactive ketones (excluding diaryl/α,β-unsaturated/α-hetero) is 1. The lowest BCUT2D eigenvalue weighted by Crippen LogP contribution is -2.32. The maximum absolute atomic E-state index is 11.0. The van der Waals surface area contributed by atoms with Crippen LogP contribution in [-0.2, 0) is 11.2 Å². The first kappa shape index (κ1) is 12.8. The molecule has 0 N–H and O–H groups in total. The molecule has 1 rings (SSSR count). The van der Waals surface area contributed by atoms with E-state index in [0.717, 1.165) is 18.7 Å². The molecule has 1 atom stereocenters. The van der Waals surface area contributed by atoms with Crippen LogP contribution < -0.4 is 0 Å². The molecule has 1 aromatic heterocycles. The Balaban J connectivity index is 2.35. The van der Waals surface area contributed by atoms with Crippen molar-refractivity contribution in [2.75, 3.05) is 13.6 Å². The van der Waals surface area contributed by atoms with Gasteiger partial charge in [-0.25, -0.2) is 0 Å². The van der Waals surface area contributed by atoms with Crippen LogP contribution in [0.2, 0.25) is 0 Å². The first-order valence-electron chi connectivity index (χ1n) is 5.69. The number of pyridine rings is 1. The standard InChI is InChI=1S/C13H20N2O/c1-11(10-12(2)16)15(3)9-7-13-6-4-5-8-14-13/h4-6,8,11H,7,9-10H2,1-3H3. The Morgan fingerprint density at radius 3 is 2.81 bits per heavy atom. The molecule has 16 heavy (non-hydrogen) atoms.